The molecule has 32 heavy (non-hydrogen) atoms. The number of thiazole rings is 1. The first-order valence-corrected chi connectivity index (χ1v) is 11.2. The Hall–Kier alpha value is -4.20. The second kappa shape index (κ2) is 8.89. The molecule has 0 atom stereocenters. The first-order valence-electron chi connectivity index (χ1n) is 10.3. The quantitative estimate of drug-likeness (QED) is 0.293. The zero-order valence-corrected chi connectivity index (χ0v) is 18.0. The van der Waals surface area contributed by atoms with Gasteiger partial charge in [-0.25, -0.2) is 4.98 Å². The fourth-order valence-corrected chi connectivity index (χ4v) is 4.43. The van der Waals surface area contributed by atoms with Crippen molar-refractivity contribution in [1.29, 1.82) is 5.26 Å². The summed E-state index contributed by atoms with van der Waals surface area (Å²) >= 11 is 1.47. The minimum Gasteiger partial charge on any atom is -0.360 e. The Kier molecular flexibility index (Phi) is 5.48. The van der Waals surface area contributed by atoms with Gasteiger partial charge in [-0.1, -0.05) is 91.0 Å². The number of rotatable bonds is 5. The summed E-state index contributed by atoms with van der Waals surface area (Å²) in [5, 5.41) is 18.0. The van der Waals surface area contributed by atoms with E-state index in [0.29, 0.717) is 10.6 Å². The SMILES string of the molecule is N#C/C(=C/Nc1cccc2ccccc12)c1nc(-c2ccc(-c3ccccc3)cc2)cs1. The van der Waals surface area contributed by atoms with Crippen molar-refractivity contribution in [2.45, 2.75) is 0 Å². The van der Waals surface area contributed by atoms with Crippen LogP contribution in [0.25, 0.3) is 38.7 Å². The first-order chi connectivity index (χ1) is 15.8. The lowest BCUT2D eigenvalue weighted by atomic mass is 10.0. The van der Waals surface area contributed by atoms with Gasteiger partial charge in [0.2, 0.25) is 0 Å². The van der Waals surface area contributed by atoms with Crippen molar-refractivity contribution in [3.8, 4) is 28.5 Å². The highest BCUT2D eigenvalue weighted by Crippen LogP contribution is 2.29. The smallest absolute Gasteiger partial charge is 0.136 e. The molecule has 0 bridgehead atoms. The van der Waals surface area contributed by atoms with Gasteiger partial charge in [-0.2, -0.15) is 5.26 Å². The molecule has 0 radical (unpaired) electrons. The molecular formula is C28H19N3S. The third kappa shape index (κ3) is 4.02. The summed E-state index contributed by atoms with van der Waals surface area (Å²) in [7, 11) is 0. The van der Waals surface area contributed by atoms with Crippen molar-refractivity contribution >= 4 is 33.4 Å². The van der Waals surface area contributed by atoms with E-state index in [4.69, 9.17) is 4.98 Å². The third-order valence-corrected chi connectivity index (χ3v) is 6.18. The van der Waals surface area contributed by atoms with Crippen LogP contribution < -0.4 is 5.32 Å². The van der Waals surface area contributed by atoms with E-state index in [2.05, 4.69) is 66.0 Å². The molecule has 1 aromatic heterocycles. The summed E-state index contributed by atoms with van der Waals surface area (Å²) in [5.41, 5.74) is 5.73. The van der Waals surface area contributed by atoms with Gasteiger partial charge >= 0.3 is 0 Å². The lowest BCUT2D eigenvalue weighted by molar-refractivity contribution is 1.36. The molecule has 0 aliphatic rings. The fraction of sp³-hybridized carbons (Fsp3) is 0. The van der Waals surface area contributed by atoms with E-state index >= 15 is 0 Å². The highest BCUT2D eigenvalue weighted by atomic mass is 32.1. The lowest BCUT2D eigenvalue weighted by Crippen LogP contribution is -1.92. The van der Waals surface area contributed by atoms with Crippen LogP contribution in [-0.2, 0) is 0 Å². The number of benzene rings is 4. The molecule has 0 aliphatic carbocycles. The van der Waals surface area contributed by atoms with Crippen molar-refractivity contribution in [2.75, 3.05) is 5.32 Å². The van der Waals surface area contributed by atoms with E-state index in [1.807, 2.05) is 47.8 Å². The number of fused-ring (bicyclic) bond motifs is 1. The first kappa shape index (κ1) is 19.7. The molecule has 0 amide bonds. The third-order valence-electron chi connectivity index (χ3n) is 5.30. The Labute approximate surface area is 190 Å². The van der Waals surface area contributed by atoms with Gasteiger partial charge in [-0.15, -0.1) is 11.3 Å². The Morgan fingerprint density at radius 3 is 2.28 bits per heavy atom. The van der Waals surface area contributed by atoms with Gasteiger partial charge in [-0.05, 0) is 22.6 Å². The summed E-state index contributed by atoms with van der Waals surface area (Å²) in [6.07, 6.45) is 1.74. The second-order valence-electron chi connectivity index (χ2n) is 7.32. The van der Waals surface area contributed by atoms with Crippen molar-refractivity contribution in [2.24, 2.45) is 0 Å². The van der Waals surface area contributed by atoms with E-state index in [1.165, 1.54) is 22.5 Å². The lowest BCUT2D eigenvalue weighted by Gasteiger charge is -2.06. The Balaban J connectivity index is 1.38. The van der Waals surface area contributed by atoms with Gasteiger partial charge in [0.15, 0.2) is 0 Å². The Morgan fingerprint density at radius 1 is 0.781 bits per heavy atom. The molecule has 0 unspecified atom stereocenters. The van der Waals surface area contributed by atoms with Crippen molar-refractivity contribution in [3.05, 3.63) is 114 Å². The average Bonchev–Trinajstić information content (AvgIpc) is 3.35. The number of nitriles is 1. The number of allylic oxidation sites excluding steroid dienone is 1. The van der Waals surface area contributed by atoms with Crippen molar-refractivity contribution in [1.82, 2.24) is 4.98 Å². The molecule has 1 N–H and O–H groups in total. The molecule has 0 saturated carbocycles. The van der Waals surface area contributed by atoms with Crippen molar-refractivity contribution in [3.63, 3.8) is 0 Å². The molecule has 1 heterocycles. The minimum atomic E-state index is 0.509. The van der Waals surface area contributed by atoms with Gasteiger partial charge in [0.1, 0.15) is 16.6 Å². The number of hydrogen-bond donors (Lipinski definition) is 1. The van der Waals surface area contributed by atoms with E-state index in [-0.39, 0.29) is 0 Å². The maximum Gasteiger partial charge on any atom is 0.136 e. The van der Waals surface area contributed by atoms with Crippen LogP contribution in [0.5, 0.6) is 0 Å². The summed E-state index contributed by atoms with van der Waals surface area (Å²) in [6.45, 7) is 0. The molecule has 3 nitrogen and oxygen atoms in total. The predicted octanol–water partition coefficient (Wildman–Crippen LogP) is 7.61. The normalized spacial score (nSPS) is 11.3. The Morgan fingerprint density at radius 2 is 1.47 bits per heavy atom. The van der Waals surface area contributed by atoms with E-state index in [9.17, 15) is 5.26 Å². The van der Waals surface area contributed by atoms with Crippen LogP contribution in [0.2, 0.25) is 0 Å². The van der Waals surface area contributed by atoms with Crippen LogP contribution in [0.1, 0.15) is 5.01 Å². The fourth-order valence-electron chi connectivity index (χ4n) is 3.64. The average molecular weight is 430 g/mol. The van der Waals surface area contributed by atoms with Gasteiger partial charge in [0, 0.05) is 28.2 Å². The number of hydrogen-bond acceptors (Lipinski definition) is 4. The van der Waals surface area contributed by atoms with Crippen molar-refractivity contribution < 1.29 is 0 Å². The summed E-state index contributed by atoms with van der Waals surface area (Å²) in [6, 6.07) is 35.2. The molecule has 0 aliphatic heterocycles. The van der Waals surface area contributed by atoms with Gasteiger partial charge in [0.05, 0.1) is 5.69 Å². The molecule has 4 aromatic carbocycles. The minimum absolute atomic E-state index is 0.509. The monoisotopic (exact) mass is 429 g/mol. The molecule has 0 saturated heterocycles. The zero-order chi connectivity index (χ0) is 21.8. The van der Waals surface area contributed by atoms with Gasteiger partial charge < -0.3 is 5.32 Å². The molecule has 0 fully saturated rings. The largest absolute Gasteiger partial charge is 0.360 e. The van der Waals surface area contributed by atoms with E-state index in [1.54, 1.807) is 6.20 Å². The van der Waals surface area contributed by atoms with Gasteiger partial charge in [-0.3, -0.25) is 0 Å². The molecule has 5 rings (SSSR count). The molecule has 0 spiro atoms. The number of nitrogens with zero attached hydrogens (tertiary/aromatic N) is 2. The molecule has 4 heteroatoms. The van der Waals surface area contributed by atoms with E-state index in [0.717, 1.165) is 27.7 Å². The highest BCUT2D eigenvalue weighted by molar-refractivity contribution is 7.11. The summed E-state index contributed by atoms with van der Waals surface area (Å²) in [5.74, 6) is 0. The molecule has 5 aromatic rings. The topological polar surface area (TPSA) is 48.7 Å². The predicted molar refractivity (Wildman–Crippen MR) is 134 cm³/mol. The number of nitrogens with one attached hydrogen (secondary N) is 1. The maximum absolute atomic E-state index is 9.72. The standard InChI is InChI=1S/C28H19N3S/c29-17-24(18-30-26-12-6-10-22-9-4-5-11-25(22)26)28-31-27(19-32-28)23-15-13-21(14-16-23)20-7-2-1-3-8-20/h1-16,18-19,30H/b24-18-. The van der Waals surface area contributed by atoms with Crippen LogP contribution in [0.15, 0.2) is 109 Å². The second-order valence-corrected chi connectivity index (χ2v) is 8.18. The maximum atomic E-state index is 9.72. The van der Waals surface area contributed by atoms with Crippen LogP contribution in [0.3, 0.4) is 0 Å². The zero-order valence-electron chi connectivity index (χ0n) is 17.2. The van der Waals surface area contributed by atoms with Gasteiger partial charge in [0.25, 0.3) is 0 Å². The summed E-state index contributed by atoms with van der Waals surface area (Å²) < 4.78 is 0. The highest BCUT2D eigenvalue weighted by Gasteiger charge is 2.10. The summed E-state index contributed by atoms with van der Waals surface area (Å²) in [4.78, 5) is 4.72. The Bertz CT molecular complexity index is 1440. The van der Waals surface area contributed by atoms with Crippen LogP contribution in [-0.4, -0.2) is 4.98 Å². The number of anilines is 1. The molecule has 152 valence electrons. The van der Waals surface area contributed by atoms with Crippen LogP contribution in [0, 0.1) is 11.3 Å². The van der Waals surface area contributed by atoms with E-state index < -0.39 is 0 Å². The van der Waals surface area contributed by atoms with Crippen LogP contribution in [0.4, 0.5) is 5.69 Å². The number of aromatic nitrogens is 1. The molecular weight excluding hydrogens is 410 g/mol. The van der Waals surface area contributed by atoms with Crippen LogP contribution >= 0.6 is 11.3 Å².